The highest BCUT2D eigenvalue weighted by Gasteiger charge is 2.17. The summed E-state index contributed by atoms with van der Waals surface area (Å²) in [6.45, 7) is 1.91. The largest absolute Gasteiger partial charge is 0.341 e. The fourth-order valence-corrected chi connectivity index (χ4v) is 2.45. The maximum atomic E-state index is 5.44. The molecule has 3 rings (SSSR count). The molecule has 0 saturated carbocycles. The average Bonchev–Trinajstić information content (AvgIpc) is 2.94. The smallest absolute Gasteiger partial charge is 0.257 e. The molecule has 0 aliphatic carbocycles. The number of hydrazine groups is 1. The number of halogens is 1. The molecule has 1 saturated heterocycles. The van der Waals surface area contributed by atoms with E-state index in [0.717, 1.165) is 30.4 Å². The first-order valence-corrected chi connectivity index (χ1v) is 7.24. The van der Waals surface area contributed by atoms with Gasteiger partial charge in [-0.15, -0.1) is 0 Å². The van der Waals surface area contributed by atoms with E-state index < -0.39 is 0 Å². The summed E-state index contributed by atoms with van der Waals surface area (Å²) >= 11 is 3.35. The number of nitrogens with one attached hydrogen (secondary N) is 1. The number of hydrogen-bond acceptors (Lipinski definition) is 7. The first kappa shape index (κ1) is 13.3. The molecule has 0 bridgehead atoms. The van der Waals surface area contributed by atoms with Crippen LogP contribution in [0, 0.1) is 0 Å². The summed E-state index contributed by atoms with van der Waals surface area (Å²) < 4.78 is 2.44. The molecule has 0 unspecified atom stereocenters. The monoisotopic (exact) mass is 338 g/mol. The van der Waals surface area contributed by atoms with Crippen molar-refractivity contribution in [2.24, 2.45) is 5.84 Å². The first-order valence-electron chi connectivity index (χ1n) is 6.44. The predicted octanol–water partition coefficient (Wildman–Crippen LogP) is 1.10. The Labute approximate surface area is 124 Å². The van der Waals surface area contributed by atoms with Gasteiger partial charge < -0.3 is 4.90 Å². The van der Waals surface area contributed by atoms with Crippen molar-refractivity contribution < 1.29 is 0 Å². The summed E-state index contributed by atoms with van der Waals surface area (Å²) in [7, 11) is 0. The molecule has 2 aromatic heterocycles. The third kappa shape index (κ3) is 2.73. The minimum Gasteiger partial charge on any atom is -0.341 e. The van der Waals surface area contributed by atoms with Crippen molar-refractivity contribution in [3.63, 3.8) is 0 Å². The van der Waals surface area contributed by atoms with Crippen molar-refractivity contribution in [3.8, 4) is 5.95 Å². The van der Waals surface area contributed by atoms with E-state index in [4.69, 9.17) is 5.84 Å². The van der Waals surface area contributed by atoms with Crippen LogP contribution in [0.15, 0.2) is 16.9 Å². The lowest BCUT2D eigenvalue weighted by Crippen LogP contribution is -2.32. The quantitative estimate of drug-likeness (QED) is 0.638. The number of nitrogens with zero attached hydrogens (tertiary/aromatic N) is 6. The molecule has 3 N–H and O–H groups in total. The summed E-state index contributed by atoms with van der Waals surface area (Å²) in [5.74, 6) is 6.85. The number of nitrogens with two attached hydrogens (primary N) is 1. The van der Waals surface area contributed by atoms with Gasteiger partial charge in [0.05, 0.1) is 10.7 Å². The lowest BCUT2D eigenvalue weighted by molar-refractivity contribution is 0.566. The van der Waals surface area contributed by atoms with E-state index in [9.17, 15) is 0 Å². The van der Waals surface area contributed by atoms with Crippen LogP contribution in [0.2, 0.25) is 0 Å². The molecule has 0 aromatic carbocycles. The van der Waals surface area contributed by atoms with Crippen molar-refractivity contribution >= 4 is 27.8 Å². The highest BCUT2D eigenvalue weighted by Crippen LogP contribution is 2.18. The minimum atomic E-state index is 0.335. The van der Waals surface area contributed by atoms with Crippen molar-refractivity contribution in [1.29, 1.82) is 0 Å². The fraction of sp³-hybridized carbons (Fsp3) is 0.455. The summed E-state index contributed by atoms with van der Waals surface area (Å²) in [5.41, 5.74) is 2.48. The van der Waals surface area contributed by atoms with Gasteiger partial charge in [0.25, 0.3) is 5.95 Å². The van der Waals surface area contributed by atoms with Gasteiger partial charge in [0.1, 0.15) is 0 Å². The lowest BCUT2D eigenvalue weighted by Gasteiger charge is -2.26. The molecule has 3 heterocycles. The standard InChI is InChI=1S/C11H15BrN8/c12-8-6-14-20(7-8)11-16-9(18-13)15-10(17-11)19-4-2-1-3-5-19/h6-7H,1-5,13H2,(H,15,16,17,18). The zero-order chi connectivity index (χ0) is 13.9. The van der Waals surface area contributed by atoms with E-state index >= 15 is 0 Å². The Bertz CT molecular complexity index is 592. The number of anilines is 2. The molecule has 0 spiro atoms. The van der Waals surface area contributed by atoms with E-state index in [1.165, 1.54) is 6.42 Å². The SMILES string of the molecule is NNc1nc(N2CCCCC2)nc(-n2cc(Br)cn2)n1. The maximum Gasteiger partial charge on any atom is 0.257 e. The molecule has 1 aliphatic rings. The molecular formula is C11H15BrN8. The van der Waals surface area contributed by atoms with E-state index in [0.29, 0.717) is 17.8 Å². The van der Waals surface area contributed by atoms with Crippen LogP contribution >= 0.6 is 15.9 Å². The van der Waals surface area contributed by atoms with Gasteiger partial charge in [0, 0.05) is 19.3 Å². The highest BCUT2D eigenvalue weighted by molar-refractivity contribution is 9.10. The van der Waals surface area contributed by atoms with Gasteiger partial charge in [-0.05, 0) is 35.2 Å². The number of hydrogen-bond donors (Lipinski definition) is 2. The maximum absolute atomic E-state index is 5.44. The summed E-state index contributed by atoms with van der Waals surface area (Å²) in [6.07, 6.45) is 7.03. The Morgan fingerprint density at radius 1 is 1.10 bits per heavy atom. The van der Waals surface area contributed by atoms with Crippen molar-refractivity contribution in [2.45, 2.75) is 19.3 Å². The van der Waals surface area contributed by atoms with Crippen molar-refractivity contribution in [2.75, 3.05) is 23.4 Å². The molecule has 106 valence electrons. The molecule has 0 atom stereocenters. The van der Waals surface area contributed by atoms with Gasteiger partial charge in [-0.2, -0.15) is 20.1 Å². The van der Waals surface area contributed by atoms with Crippen LogP contribution in [-0.4, -0.2) is 37.8 Å². The second-order valence-corrected chi connectivity index (χ2v) is 5.47. The summed E-state index contributed by atoms with van der Waals surface area (Å²) in [4.78, 5) is 15.2. The molecular weight excluding hydrogens is 324 g/mol. The zero-order valence-electron chi connectivity index (χ0n) is 10.8. The first-order chi connectivity index (χ1) is 9.76. The van der Waals surface area contributed by atoms with Crippen LogP contribution in [0.4, 0.5) is 11.9 Å². The van der Waals surface area contributed by atoms with E-state index in [-0.39, 0.29) is 0 Å². The minimum absolute atomic E-state index is 0.335. The third-order valence-electron chi connectivity index (χ3n) is 3.14. The summed E-state index contributed by atoms with van der Waals surface area (Å²) in [5, 5.41) is 4.18. The van der Waals surface area contributed by atoms with Crippen LogP contribution in [0.1, 0.15) is 19.3 Å². The second kappa shape index (κ2) is 5.71. The molecule has 8 nitrogen and oxygen atoms in total. The van der Waals surface area contributed by atoms with Crippen LogP contribution in [-0.2, 0) is 0 Å². The molecule has 0 radical (unpaired) electrons. The Balaban J connectivity index is 1.97. The van der Waals surface area contributed by atoms with Crippen molar-refractivity contribution in [1.82, 2.24) is 24.7 Å². The zero-order valence-corrected chi connectivity index (χ0v) is 12.4. The van der Waals surface area contributed by atoms with Crippen molar-refractivity contribution in [3.05, 3.63) is 16.9 Å². The molecule has 2 aromatic rings. The summed E-state index contributed by atoms with van der Waals surface area (Å²) in [6, 6.07) is 0. The van der Waals surface area contributed by atoms with Gasteiger partial charge in [0.15, 0.2) is 0 Å². The van der Waals surface area contributed by atoms with E-state index in [1.54, 1.807) is 17.1 Å². The van der Waals surface area contributed by atoms with Crippen LogP contribution < -0.4 is 16.2 Å². The molecule has 20 heavy (non-hydrogen) atoms. The average molecular weight is 339 g/mol. The Morgan fingerprint density at radius 2 is 1.85 bits per heavy atom. The molecule has 1 fully saturated rings. The van der Waals surface area contributed by atoms with Crippen LogP contribution in [0.25, 0.3) is 5.95 Å². The van der Waals surface area contributed by atoms with E-state index in [2.05, 4.69) is 46.3 Å². The van der Waals surface area contributed by atoms with Gasteiger partial charge in [0.2, 0.25) is 11.9 Å². The molecule has 0 amide bonds. The topological polar surface area (TPSA) is 97.8 Å². The van der Waals surface area contributed by atoms with Crippen LogP contribution in [0.3, 0.4) is 0 Å². The highest BCUT2D eigenvalue weighted by atomic mass is 79.9. The van der Waals surface area contributed by atoms with Gasteiger partial charge in [-0.1, -0.05) is 0 Å². The second-order valence-electron chi connectivity index (χ2n) is 4.55. The Kier molecular flexibility index (Phi) is 3.79. The van der Waals surface area contributed by atoms with Gasteiger partial charge in [-0.3, -0.25) is 5.43 Å². The van der Waals surface area contributed by atoms with Crippen LogP contribution in [0.5, 0.6) is 0 Å². The third-order valence-corrected chi connectivity index (χ3v) is 3.55. The number of piperidine rings is 1. The van der Waals surface area contributed by atoms with E-state index in [1.807, 2.05) is 0 Å². The number of rotatable bonds is 3. The number of nitrogen functional groups attached to an aromatic ring is 1. The molecule has 1 aliphatic heterocycles. The van der Waals surface area contributed by atoms with Gasteiger partial charge in [-0.25, -0.2) is 10.5 Å². The molecule has 9 heteroatoms. The Hall–Kier alpha value is -1.74. The lowest BCUT2D eigenvalue weighted by atomic mass is 10.1. The predicted molar refractivity (Wildman–Crippen MR) is 78.5 cm³/mol. The van der Waals surface area contributed by atoms with Gasteiger partial charge >= 0.3 is 0 Å². The fourth-order valence-electron chi connectivity index (χ4n) is 2.17. The normalized spacial score (nSPS) is 15.4. The Morgan fingerprint density at radius 3 is 2.50 bits per heavy atom. The number of aromatic nitrogens is 5.